The molecule has 0 aliphatic carbocycles. The minimum Gasteiger partial charge on any atom is -0.399 e. The molecule has 0 radical (unpaired) electrons. The molecule has 0 unspecified atom stereocenters. The average molecular weight is 171 g/mol. The number of nitrogens with two attached hydrogens (primary N) is 1. The van der Waals surface area contributed by atoms with Crippen LogP contribution in [0.2, 0.25) is 0 Å². The molecular weight excluding hydrogens is 162 g/mol. The van der Waals surface area contributed by atoms with Gasteiger partial charge >= 0.3 is 6.03 Å². The van der Waals surface area contributed by atoms with Crippen LogP contribution in [0, 0.1) is 0 Å². The number of urea groups is 1. The van der Waals surface area contributed by atoms with Crippen LogP contribution in [0.4, 0.5) is 4.79 Å². The van der Waals surface area contributed by atoms with E-state index in [4.69, 9.17) is 5.84 Å². The fraction of sp³-hybridized carbons (Fsp3) is 0.400. The van der Waals surface area contributed by atoms with Crippen molar-refractivity contribution >= 4 is 18.0 Å². The summed E-state index contributed by atoms with van der Waals surface area (Å²) in [6.07, 6.45) is 1.37. The Kier molecular flexibility index (Phi) is 2.59. The Labute approximate surface area is 68.8 Å². The van der Waals surface area contributed by atoms with Crippen LogP contribution in [0.25, 0.3) is 0 Å². The largest absolute Gasteiger partial charge is 0.399 e. The maximum atomic E-state index is 10.7. The van der Waals surface area contributed by atoms with Gasteiger partial charge in [0.15, 0.2) is 0 Å². The van der Waals surface area contributed by atoms with E-state index in [0.29, 0.717) is 5.71 Å². The highest BCUT2D eigenvalue weighted by Gasteiger charge is 2.15. The van der Waals surface area contributed by atoms with Crippen molar-refractivity contribution in [2.75, 3.05) is 13.7 Å². The summed E-state index contributed by atoms with van der Waals surface area (Å²) in [6, 6.07) is -0.440. The van der Waals surface area contributed by atoms with Crippen molar-refractivity contribution in [2.45, 2.75) is 0 Å². The van der Waals surface area contributed by atoms with E-state index in [0.717, 1.165) is 5.01 Å². The summed E-state index contributed by atoms with van der Waals surface area (Å²) >= 11 is 0. The molecule has 0 aromatic heterocycles. The van der Waals surface area contributed by atoms with Crippen LogP contribution in [0.15, 0.2) is 10.3 Å². The smallest absolute Gasteiger partial charge is 0.352 e. The van der Waals surface area contributed by atoms with E-state index < -0.39 is 6.03 Å². The van der Waals surface area contributed by atoms with Crippen molar-refractivity contribution in [1.82, 2.24) is 10.4 Å². The Balaban J connectivity index is 2.58. The van der Waals surface area contributed by atoms with Gasteiger partial charge in [0.25, 0.3) is 0 Å². The second-order valence-corrected chi connectivity index (χ2v) is 2.07. The lowest BCUT2D eigenvalue weighted by atomic mass is 10.4. The summed E-state index contributed by atoms with van der Waals surface area (Å²) in [5.41, 5.74) is 2.72. The molecule has 0 spiro atoms. The Morgan fingerprint density at radius 2 is 2.67 bits per heavy atom. The first-order valence-electron chi connectivity index (χ1n) is 3.19. The maximum absolute atomic E-state index is 10.7. The number of nitrogens with zero attached hydrogens (tertiary/aromatic N) is 3. The van der Waals surface area contributed by atoms with E-state index in [1.54, 1.807) is 0 Å². The minimum absolute atomic E-state index is 0.221. The van der Waals surface area contributed by atoms with Crippen LogP contribution in [0.5, 0.6) is 0 Å². The lowest BCUT2D eigenvalue weighted by Crippen LogP contribution is -2.50. The zero-order chi connectivity index (χ0) is 8.97. The molecule has 1 heterocycles. The number of hydrogen-bond acceptors (Lipinski definition) is 5. The number of carbonyl (C=O) groups excluding carboxylic acids is 1. The van der Waals surface area contributed by atoms with Gasteiger partial charge in [0.2, 0.25) is 0 Å². The highest BCUT2D eigenvalue weighted by atomic mass is 16.6. The standard InChI is InChI=1S/C5H9N5O2/c1-12-7-2-4-3-10(6)5(11)9-8-4/h2H,3,6H2,1H3,(H,9,11)/b7-2+. The molecule has 66 valence electrons. The summed E-state index contributed by atoms with van der Waals surface area (Å²) in [5.74, 6) is 5.28. The fourth-order valence-electron chi connectivity index (χ4n) is 0.649. The fourth-order valence-corrected chi connectivity index (χ4v) is 0.649. The van der Waals surface area contributed by atoms with E-state index in [-0.39, 0.29) is 6.54 Å². The van der Waals surface area contributed by atoms with Crippen molar-refractivity contribution in [3.8, 4) is 0 Å². The lowest BCUT2D eigenvalue weighted by molar-refractivity contribution is 0.203. The number of hydrogen-bond donors (Lipinski definition) is 2. The van der Waals surface area contributed by atoms with Gasteiger partial charge in [-0.25, -0.2) is 16.1 Å². The summed E-state index contributed by atoms with van der Waals surface area (Å²) in [4.78, 5) is 15.1. The third kappa shape index (κ3) is 1.92. The van der Waals surface area contributed by atoms with Crippen LogP contribution in [0.1, 0.15) is 0 Å². The lowest BCUT2D eigenvalue weighted by Gasteiger charge is -2.19. The molecule has 1 aliphatic heterocycles. The van der Waals surface area contributed by atoms with E-state index in [9.17, 15) is 4.79 Å². The summed E-state index contributed by atoms with van der Waals surface area (Å²) in [7, 11) is 1.42. The van der Waals surface area contributed by atoms with Crippen molar-refractivity contribution in [1.29, 1.82) is 0 Å². The van der Waals surface area contributed by atoms with Crippen LogP contribution in [0.3, 0.4) is 0 Å². The first-order valence-corrected chi connectivity index (χ1v) is 3.19. The second-order valence-electron chi connectivity index (χ2n) is 2.07. The van der Waals surface area contributed by atoms with Gasteiger partial charge < -0.3 is 4.84 Å². The van der Waals surface area contributed by atoms with Gasteiger partial charge in [0, 0.05) is 0 Å². The van der Waals surface area contributed by atoms with E-state index >= 15 is 0 Å². The van der Waals surface area contributed by atoms with Crippen LogP contribution in [-0.2, 0) is 4.84 Å². The van der Waals surface area contributed by atoms with Crippen molar-refractivity contribution in [3.05, 3.63) is 0 Å². The Morgan fingerprint density at radius 3 is 3.25 bits per heavy atom. The molecule has 0 fully saturated rings. The van der Waals surface area contributed by atoms with Gasteiger partial charge in [0.05, 0.1) is 12.8 Å². The summed E-state index contributed by atoms with van der Waals surface area (Å²) in [5, 5.41) is 8.12. The molecule has 12 heavy (non-hydrogen) atoms. The number of oxime groups is 1. The molecule has 1 rings (SSSR count). The second kappa shape index (κ2) is 3.67. The van der Waals surface area contributed by atoms with E-state index in [1.807, 2.05) is 0 Å². The number of hydrazine groups is 1. The van der Waals surface area contributed by atoms with Crippen LogP contribution < -0.4 is 11.3 Å². The highest BCUT2D eigenvalue weighted by Crippen LogP contribution is 1.89. The van der Waals surface area contributed by atoms with Crippen LogP contribution >= 0.6 is 0 Å². The van der Waals surface area contributed by atoms with E-state index in [2.05, 4.69) is 20.5 Å². The first kappa shape index (κ1) is 8.47. The molecule has 1 aliphatic rings. The molecule has 0 aromatic rings. The topological polar surface area (TPSA) is 92.3 Å². The Morgan fingerprint density at radius 1 is 1.92 bits per heavy atom. The number of hydrazone groups is 1. The third-order valence-electron chi connectivity index (χ3n) is 1.20. The number of nitrogens with one attached hydrogen (secondary N) is 1. The highest BCUT2D eigenvalue weighted by molar-refractivity contribution is 6.32. The number of rotatable bonds is 2. The average Bonchev–Trinajstić information content (AvgIpc) is 2.07. The Bertz CT molecular complexity index is 236. The number of carbonyl (C=O) groups is 1. The van der Waals surface area contributed by atoms with Crippen molar-refractivity contribution in [2.24, 2.45) is 16.1 Å². The number of amides is 2. The predicted octanol–water partition coefficient (Wildman–Crippen LogP) is -1.13. The van der Waals surface area contributed by atoms with Crippen molar-refractivity contribution < 1.29 is 9.63 Å². The van der Waals surface area contributed by atoms with Gasteiger partial charge in [-0.05, 0) is 0 Å². The summed E-state index contributed by atoms with van der Waals surface area (Å²) < 4.78 is 0. The van der Waals surface area contributed by atoms with Crippen LogP contribution in [-0.4, -0.2) is 36.6 Å². The summed E-state index contributed by atoms with van der Waals surface area (Å²) in [6.45, 7) is 0.221. The Hall–Kier alpha value is -1.63. The first-order chi connectivity index (χ1) is 5.74. The predicted molar refractivity (Wildman–Crippen MR) is 42.4 cm³/mol. The molecule has 0 saturated heterocycles. The molecule has 7 nitrogen and oxygen atoms in total. The molecule has 3 N–H and O–H groups in total. The quantitative estimate of drug-likeness (QED) is 0.238. The molecule has 0 atom stereocenters. The molecule has 2 amide bonds. The molecule has 0 saturated carbocycles. The van der Waals surface area contributed by atoms with E-state index in [1.165, 1.54) is 13.3 Å². The molecular formula is C5H9N5O2. The van der Waals surface area contributed by atoms with Gasteiger partial charge in [-0.3, -0.25) is 5.01 Å². The SMILES string of the molecule is CO/N=C/C1=NNC(=O)N(N)C1. The normalized spacial score (nSPS) is 17.7. The van der Waals surface area contributed by atoms with Crippen molar-refractivity contribution in [3.63, 3.8) is 0 Å². The monoisotopic (exact) mass is 171 g/mol. The van der Waals surface area contributed by atoms with Gasteiger partial charge in [-0.15, -0.1) is 0 Å². The molecule has 0 aromatic carbocycles. The zero-order valence-electron chi connectivity index (χ0n) is 6.52. The maximum Gasteiger partial charge on any atom is 0.352 e. The van der Waals surface area contributed by atoms with Gasteiger partial charge in [-0.1, -0.05) is 5.16 Å². The molecule has 7 heteroatoms. The van der Waals surface area contributed by atoms with Gasteiger partial charge in [0.1, 0.15) is 12.8 Å². The molecule has 0 bridgehead atoms. The van der Waals surface area contributed by atoms with Gasteiger partial charge in [-0.2, -0.15) is 5.10 Å². The zero-order valence-corrected chi connectivity index (χ0v) is 6.52. The minimum atomic E-state index is -0.440. The third-order valence-corrected chi connectivity index (χ3v) is 1.20.